The summed E-state index contributed by atoms with van der Waals surface area (Å²) in [6, 6.07) is 11.4. The van der Waals surface area contributed by atoms with E-state index in [1.807, 2.05) is 0 Å². The van der Waals surface area contributed by atoms with Crippen molar-refractivity contribution in [2.75, 3.05) is 21.9 Å². The summed E-state index contributed by atoms with van der Waals surface area (Å²) < 4.78 is 60.0. The molecule has 3 N–H and O–H groups in total. The fraction of sp³-hybridized carbons (Fsp3) is 0.0952. The molecule has 2 aromatic heterocycles. The lowest BCUT2D eigenvalue weighted by Crippen LogP contribution is -2.14. The quantitative estimate of drug-likeness (QED) is 0.277. The lowest BCUT2D eigenvalue weighted by atomic mass is 10.3. The van der Waals surface area contributed by atoms with Gasteiger partial charge in [0, 0.05) is 17.3 Å². The molecule has 0 fully saturated rings. The van der Waals surface area contributed by atoms with Gasteiger partial charge >= 0.3 is 0 Å². The van der Waals surface area contributed by atoms with Crippen LogP contribution in [0.2, 0.25) is 0 Å². The van der Waals surface area contributed by atoms with Crippen molar-refractivity contribution in [3.05, 3.63) is 70.7 Å². The summed E-state index contributed by atoms with van der Waals surface area (Å²) in [6.07, 6.45) is 1.48. The Morgan fingerprint density at radius 1 is 0.889 bits per heavy atom. The molecule has 0 saturated heterocycles. The van der Waals surface area contributed by atoms with E-state index in [1.165, 1.54) is 61.8 Å². The van der Waals surface area contributed by atoms with Crippen LogP contribution in [0.1, 0.15) is 15.4 Å². The number of amides is 1. The molecule has 15 heteroatoms. The summed E-state index contributed by atoms with van der Waals surface area (Å²) in [5.74, 6) is -0.00386. The van der Waals surface area contributed by atoms with E-state index in [0.717, 1.165) is 22.7 Å². The average molecular weight is 566 g/mol. The molecular weight excluding hydrogens is 547 g/mol. The number of anilines is 3. The summed E-state index contributed by atoms with van der Waals surface area (Å²) in [5, 5.41) is 4.58. The van der Waals surface area contributed by atoms with Crippen LogP contribution in [-0.4, -0.2) is 39.8 Å². The van der Waals surface area contributed by atoms with Crippen molar-refractivity contribution in [3.8, 4) is 5.75 Å². The van der Waals surface area contributed by atoms with Crippen LogP contribution in [0.4, 0.5) is 16.0 Å². The number of hydrogen-bond acceptors (Lipinski definition) is 10. The van der Waals surface area contributed by atoms with Crippen LogP contribution in [0, 0.1) is 6.92 Å². The Bertz CT molecular complexity index is 1580. The van der Waals surface area contributed by atoms with E-state index < -0.39 is 26.0 Å². The van der Waals surface area contributed by atoms with Gasteiger partial charge in [0.05, 0.1) is 22.6 Å². The van der Waals surface area contributed by atoms with Gasteiger partial charge in [-0.25, -0.2) is 26.8 Å². The Balaban J connectivity index is 1.44. The number of nitrogens with one attached hydrogen (secondary N) is 3. The molecule has 0 radical (unpaired) electrons. The van der Waals surface area contributed by atoms with Gasteiger partial charge in [-0.3, -0.25) is 14.2 Å². The van der Waals surface area contributed by atoms with E-state index in [-0.39, 0.29) is 24.9 Å². The van der Waals surface area contributed by atoms with Gasteiger partial charge in [-0.05, 0) is 55.5 Å². The predicted molar refractivity (Wildman–Crippen MR) is 138 cm³/mol. The summed E-state index contributed by atoms with van der Waals surface area (Å²) in [7, 11) is -6.27. The first-order valence-electron chi connectivity index (χ1n) is 10.1. The first-order valence-corrected chi connectivity index (χ1v) is 14.7. The lowest BCUT2D eigenvalue weighted by Gasteiger charge is -2.07. The second kappa shape index (κ2) is 10.2. The standard InChI is InChI=1S/C21H19N5O6S4/c1-13-18(34-21(23-13)26-36(30,31)17-9-5-15(32-2)6-10-17)19(27)24-14-3-7-16(8-4-14)35(28,29)25-20-22-11-12-33-20/h3-12H,1-2H3,(H,22,25)(H,23,26)(H,24,27). The number of sulfonamides is 2. The number of nitrogens with zero attached hydrogens (tertiary/aromatic N) is 2. The van der Waals surface area contributed by atoms with Crippen molar-refractivity contribution in [2.24, 2.45) is 0 Å². The van der Waals surface area contributed by atoms with Crippen molar-refractivity contribution in [3.63, 3.8) is 0 Å². The highest BCUT2D eigenvalue weighted by atomic mass is 32.2. The van der Waals surface area contributed by atoms with Crippen molar-refractivity contribution < 1.29 is 26.4 Å². The number of rotatable bonds is 9. The molecule has 0 atom stereocenters. The van der Waals surface area contributed by atoms with Crippen LogP contribution in [0.25, 0.3) is 0 Å². The number of carbonyl (C=O) groups excluding carboxylic acids is 1. The number of methoxy groups -OCH3 is 1. The summed E-state index contributed by atoms with van der Waals surface area (Å²) in [4.78, 5) is 21.0. The average Bonchev–Trinajstić information content (AvgIpc) is 3.48. The Morgan fingerprint density at radius 2 is 1.47 bits per heavy atom. The molecule has 0 spiro atoms. The van der Waals surface area contributed by atoms with Gasteiger partial charge in [0.25, 0.3) is 26.0 Å². The van der Waals surface area contributed by atoms with Crippen molar-refractivity contribution in [1.29, 1.82) is 0 Å². The van der Waals surface area contributed by atoms with Gasteiger partial charge in [0.15, 0.2) is 10.3 Å². The van der Waals surface area contributed by atoms with Crippen LogP contribution in [0.5, 0.6) is 5.75 Å². The minimum Gasteiger partial charge on any atom is -0.497 e. The number of ether oxygens (including phenoxy) is 1. The molecule has 2 heterocycles. The molecule has 2 aromatic carbocycles. The topological polar surface area (TPSA) is 156 Å². The third-order valence-corrected chi connectivity index (χ3v) is 9.40. The number of benzene rings is 2. The van der Waals surface area contributed by atoms with Gasteiger partial charge in [-0.15, -0.1) is 11.3 Å². The van der Waals surface area contributed by atoms with Crippen LogP contribution in [0.15, 0.2) is 69.9 Å². The predicted octanol–water partition coefficient (Wildman–Crippen LogP) is 3.77. The van der Waals surface area contributed by atoms with Crippen molar-refractivity contribution in [1.82, 2.24) is 9.97 Å². The highest BCUT2D eigenvalue weighted by Gasteiger charge is 2.21. The molecule has 4 aromatic rings. The monoisotopic (exact) mass is 565 g/mol. The normalized spacial score (nSPS) is 11.6. The highest BCUT2D eigenvalue weighted by molar-refractivity contribution is 7.93. The SMILES string of the molecule is COc1ccc(S(=O)(=O)Nc2nc(C)c(C(=O)Nc3ccc(S(=O)(=O)Nc4nccs4)cc3)s2)cc1. The number of hydrogen-bond donors (Lipinski definition) is 3. The second-order valence-corrected chi connectivity index (χ2v) is 12.4. The molecular formula is C21H19N5O6S4. The minimum atomic E-state index is -3.92. The number of aryl methyl sites for hydroxylation is 1. The Morgan fingerprint density at radius 3 is 2.03 bits per heavy atom. The first-order chi connectivity index (χ1) is 17.1. The zero-order valence-corrected chi connectivity index (χ0v) is 22.0. The second-order valence-electron chi connectivity index (χ2n) is 7.14. The highest BCUT2D eigenvalue weighted by Crippen LogP contribution is 2.27. The lowest BCUT2D eigenvalue weighted by molar-refractivity contribution is 0.102. The van der Waals surface area contributed by atoms with Gasteiger partial charge in [0.1, 0.15) is 10.6 Å². The fourth-order valence-corrected chi connectivity index (χ4v) is 6.82. The van der Waals surface area contributed by atoms with E-state index in [4.69, 9.17) is 4.74 Å². The molecule has 1 amide bonds. The van der Waals surface area contributed by atoms with Crippen LogP contribution < -0.4 is 19.5 Å². The summed E-state index contributed by atoms with van der Waals surface area (Å²) in [5.41, 5.74) is 0.679. The van der Waals surface area contributed by atoms with E-state index in [0.29, 0.717) is 17.1 Å². The molecule has 0 saturated carbocycles. The van der Waals surface area contributed by atoms with E-state index in [2.05, 4.69) is 24.7 Å². The summed E-state index contributed by atoms with van der Waals surface area (Å²) >= 11 is 2.03. The molecule has 11 nitrogen and oxygen atoms in total. The largest absolute Gasteiger partial charge is 0.497 e. The molecule has 0 bridgehead atoms. The van der Waals surface area contributed by atoms with E-state index >= 15 is 0 Å². The Labute approximate surface area is 215 Å². The Kier molecular flexibility index (Phi) is 7.26. The van der Waals surface area contributed by atoms with Gasteiger partial charge in [0.2, 0.25) is 0 Å². The number of aromatic nitrogens is 2. The summed E-state index contributed by atoms with van der Waals surface area (Å²) in [6.45, 7) is 1.58. The minimum absolute atomic E-state index is 0.0000976. The maximum Gasteiger partial charge on any atom is 0.267 e. The molecule has 36 heavy (non-hydrogen) atoms. The van der Waals surface area contributed by atoms with Crippen molar-refractivity contribution in [2.45, 2.75) is 16.7 Å². The van der Waals surface area contributed by atoms with Crippen LogP contribution >= 0.6 is 22.7 Å². The molecule has 0 unspecified atom stereocenters. The number of thiazole rings is 2. The third-order valence-electron chi connectivity index (χ3n) is 4.67. The Hall–Kier alpha value is -3.53. The maximum atomic E-state index is 12.8. The zero-order valence-electron chi connectivity index (χ0n) is 18.8. The molecule has 0 aliphatic heterocycles. The van der Waals surface area contributed by atoms with Gasteiger partial charge in [-0.1, -0.05) is 11.3 Å². The third kappa shape index (κ3) is 5.81. The van der Waals surface area contributed by atoms with Gasteiger partial charge < -0.3 is 10.1 Å². The maximum absolute atomic E-state index is 12.8. The fourth-order valence-electron chi connectivity index (χ4n) is 2.93. The first kappa shape index (κ1) is 25.6. The molecule has 0 aliphatic rings. The van der Waals surface area contributed by atoms with E-state index in [9.17, 15) is 21.6 Å². The van der Waals surface area contributed by atoms with Crippen LogP contribution in [-0.2, 0) is 20.0 Å². The van der Waals surface area contributed by atoms with Crippen molar-refractivity contribution >= 4 is 64.6 Å². The smallest absolute Gasteiger partial charge is 0.267 e. The molecule has 188 valence electrons. The van der Waals surface area contributed by atoms with Crippen LogP contribution in [0.3, 0.4) is 0 Å². The molecule has 4 rings (SSSR count). The molecule has 0 aliphatic carbocycles. The van der Waals surface area contributed by atoms with Gasteiger partial charge in [-0.2, -0.15) is 0 Å². The zero-order chi connectivity index (χ0) is 25.9. The van der Waals surface area contributed by atoms with E-state index in [1.54, 1.807) is 12.3 Å². The number of carbonyl (C=O) groups is 1.